The van der Waals surface area contributed by atoms with E-state index in [0.717, 1.165) is 0 Å². The Morgan fingerprint density at radius 1 is 1.25 bits per heavy atom. The molecule has 1 rings (SSSR count). The van der Waals surface area contributed by atoms with Crippen LogP contribution in [0.4, 0.5) is 5.69 Å². The Kier molecular flexibility index (Phi) is 5.70. The Morgan fingerprint density at radius 2 is 1.75 bits per heavy atom. The quantitative estimate of drug-likeness (QED) is 0.298. The van der Waals surface area contributed by atoms with E-state index < -0.39 is 11.9 Å². The standard InChI is InChI=1S/C7H7N3.C2H2O4/c8-5-6-3-1-2-4-7(6)10-9;3-1(4)2(5)6/h1-4,10H,9H2;(H,3,4)(H,5,6). The molecular weight excluding hydrogens is 214 g/mol. The number of nitrogen functional groups attached to an aromatic ring is 1. The smallest absolute Gasteiger partial charge is 0.414 e. The fourth-order valence-corrected chi connectivity index (χ4v) is 0.706. The maximum atomic E-state index is 9.10. The van der Waals surface area contributed by atoms with E-state index in [9.17, 15) is 0 Å². The average Bonchev–Trinajstić information content (AvgIpc) is 2.29. The molecule has 0 radical (unpaired) electrons. The van der Waals surface area contributed by atoms with Gasteiger partial charge in [-0.3, -0.25) is 5.84 Å². The number of hydrazine groups is 1. The summed E-state index contributed by atoms with van der Waals surface area (Å²) in [6.07, 6.45) is 0. The molecule has 84 valence electrons. The third kappa shape index (κ3) is 4.59. The summed E-state index contributed by atoms with van der Waals surface area (Å²) < 4.78 is 0. The lowest BCUT2D eigenvalue weighted by Gasteiger charge is -1.99. The molecule has 0 spiro atoms. The zero-order chi connectivity index (χ0) is 12.6. The Balaban J connectivity index is 0.000000325. The zero-order valence-corrected chi connectivity index (χ0v) is 8.04. The van der Waals surface area contributed by atoms with E-state index in [1.807, 2.05) is 12.1 Å². The molecule has 0 aliphatic carbocycles. The van der Waals surface area contributed by atoms with Crippen LogP contribution >= 0.6 is 0 Å². The second-order valence-electron chi connectivity index (χ2n) is 2.41. The lowest BCUT2D eigenvalue weighted by molar-refractivity contribution is -0.159. The van der Waals surface area contributed by atoms with Crippen molar-refractivity contribution in [1.29, 1.82) is 5.26 Å². The van der Waals surface area contributed by atoms with Gasteiger partial charge in [-0.1, -0.05) is 12.1 Å². The van der Waals surface area contributed by atoms with Crippen molar-refractivity contribution in [3.05, 3.63) is 29.8 Å². The van der Waals surface area contributed by atoms with Gasteiger partial charge in [0.05, 0.1) is 11.3 Å². The molecule has 0 bridgehead atoms. The normalized spacial score (nSPS) is 8.00. The number of anilines is 1. The first-order valence-corrected chi connectivity index (χ1v) is 3.95. The number of carboxylic acids is 2. The molecule has 0 saturated heterocycles. The van der Waals surface area contributed by atoms with Gasteiger partial charge < -0.3 is 15.6 Å². The van der Waals surface area contributed by atoms with Gasteiger partial charge in [0.1, 0.15) is 6.07 Å². The minimum Gasteiger partial charge on any atom is -0.473 e. The monoisotopic (exact) mass is 223 g/mol. The maximum Gasteiger partial charge on any atom is 0.414 e. The van der Waals surface area contributed by atoms with Crippen molar-refractivity contribution in [3.63, 3.8) is 0 Å². The zero-order valence-electron chi connectivity index (χ0n) is 8.04. The lowest BCUT2D eigenvalue weighted by atomic mass is 10.2. The number of carbonyl (C=O) groups is 2. The van der Waals surface area contributed by atoms with Crippen LogP contribution in [0.5, 0.6) is 0 Å². The summed E-state index contributed by atoms with van der Waals surface area (Å²) in [6.45, 7) is 0. The summed E-state index contributed by atoms with van der Waals surface area (Å²) in [7, 11) is 0. The highest BCUT2D eigenvalue weighted by molar-refractivity contribution is 6.27. The summed E-state index contributed by atoms with van der Waals surface area (Å²) in [5.74, 6) is 1.48. The Morgan fingerprint density at radius 3 is 2.06 bits per heavy atom. The second-order valence-corrected chi connectivity index (χ2v) is 2.41. The molecule has 0 unspecified atom stereocenters. The fourth-order valence-electron chi connectivity index (χ4n) is 0.706. The van der Waals surface area contributed by atoms with Crippen LogP contribution in [-0.4, -0.2) is 22.2 Å². The van der Waals surface area contributed by atoms with Gasteiger partial charge in [-0.25, -0.2) is 9.59 Å². The van der Waals surface area contributed by atoms with E-state index in [2.05, 4.69) is 5.43 Å². The molecule has 7 heteroatoms. The summed E-state index contributed by atoms with van der Waals surface area (Å²) in [5.41, 5.74) is 3.64. The molecule has 0 saturated carbocycles. The predicted molar refractivity (Wildman–Crippen MR) is 54.2 cm³/mol. The van der Waals surface area contributed by atoms with Crippen LogP contribution in [0.2, 0.25) is 0 Å². The third-order valence-electron chi connectivity index (χ3n) is 1.39. The number of benzene rings is 1. The van der Waals surface area contributed by atoms with Gasteiger partial charge in [-0.15, -0.1) is 0 Å². The molecule has 0 atom stereocenters. The van der Waals surface area contributed by atoms with Gasteiger partial charge in [0, 0.05) is 0 Å². The number of nitrogens with two attached hydrogens (primary N) is 1. The van der Waals surface area contributed by atoms with Gasteiger partial charge in [0.15, 0.2) is 0 Å². The first-order chi connectivity index (χ1) is 7.52. The molecule has 5 N–H and O–H groups in total. The number of nitrogens with one attached hydrogen (secondary N) is 1. The number of hydrogen-bond donors (Lipinski definition) is 4. The van der Waals surface area contributed by atoms with Crippen molar-refractivity contribution >= 4 is 17.6 Å². The third-order valence-corrected chi connectivity index (χ3v) is 1.39. The van der Waals surface area contributed by atoms with Crippen LogP contribution in [0.3, 0.4) is 0 Å². The Hall–Kier alpha value is -2.59. The highest BCUT2D eigenvalue weighted by Gasteiger charge is 2.04. The second kappa shape index (κ2) is 6.80. The van der Waals surface area contributed by atoms with Crippen molar-refractivity contribution in [3.8, 4) is 6.07 Å². The number of aliphatic carboxylic acids is 2. The number of nitrogens with zero attached hydrogens (tertiary/aromatic N) is 1. The van der Waals surface area contributed by atoms with Crippen molar-refractivity contribution in [2.75, 3.05) is 5.43 Å². The lowest BCUT2D eigenvalue weighted by Crippen LogP contribution is -2.09. The molecule has 1 aromatic carbocycles. The Labute approximate surface area is 90.7 Å². The fraction of sp³-hybridized carbons (Fsp3) is 0. The molecule has 1 aromatic rings. The first-order valence-electron chi connectivity index (χ1n) is 3.95. The van der Waals surface area contributed by atoms with Crippen LogP contribution in [0.1, 0.15) is 5.56 Å². The molecule has 0 aromatic heterocycles. The largest absolute Gasteiger partial charge is 0.473 e. The molecular formula is C9H9N3O4. The van der Waals surface area contributed by atoms with Gasteiger partial charge in [-0.05, 0) is 12.1 Å². The molecule has 16 heavy (non-hydrogen) atoms. The van der Waals surface area contributed by atoms with E-state index in [1.165, 1.54) is 0 Å². The molecule has 0 amide bonds. The van der Waals surface area contributed by atoms with Gasteiger partial charge >= 0.3 is 11.9 Å². The number of carboxylic acid groups (broad SMARTS) is 2. The first kappa shape index (κ1) is 13.4. The minimum atomic E-state index is -1.82. The number of rotatable bonds is 1. The summed E-state index contributed by atoms with van der Waals surface area (Å²) in [6, 6.07) is 9.06. The summed E-state index contributed by atoms with van der Waals surface area (Å²) in [4.78, 5) is 18.2. The maximum absolute atomic E-state index is 9.10. The summed E-state index contributed by atoms with van der Waals surface area (Å²) >= 11 is 0. The van der Waals surface area contributed by atoms with Crippen molar-refractivity contribution in [2.45, 2.75) is 0 Å². The SMILES string of the molecule is N#Cc1ccccc1NN.O=C(O)C(=O)O. The molecule has 7 nitrogen and oxygen atoms in total. The van der Waals surface area contributed by atoms with Crippen LogP contribution in [0.25, 0.3) is 0 Å². The van der Waals surface area contributed by atoms with Gasteiger partial charge in [0.25, 0.3) is 0 Å². The number of hydrogen-bond acceptors (Lipinski definition) is 5. The van der Waals surface area contributed by atoms with Gasteiger partial charge in [-0.2, -0.15) is 5.26 Å². The van der Waals surface area contributed by atoms with E-state index in [4.69, 9.17) is 30.9 Å². The number of nitriles is 1. The average molecular weight is 223 g/mol. The minimum absolute atomic E-state index is 0.560. The van der Waals surface area contributed by atoms with E-state index in [0.29, 0.717) is 11.3 Å². The predicted octanol–water partition coefficient (Wildman–Crippen LogP) is -0.000520. The highest BCUT2D eigenvalue weighted by atomic mass is 16.4. The van der Waals surface area contributed by atoms with Crippen LogP contribution in [0, 0.1) is 11.3 Å². The van der Waals surface area contributed by atoms with Crippen LogP contribution in [-0.2, 0) is 9.59 Å². The number of para-hydroxylation sites is 1. The highest BCUT2D eigenvalue weighted by Crippen LogP contribution is 2.10. The molecule has 0 aliphatic rings. The van der Waals surface area contributed by atoms with E-state index in [1.54, 1.807) is 18.2 Å². The van der Waals surface area contributed by atoms with Crippen LogP contribution in [0.15, 0.2) is 24.3 Å². The molecule has 0 aliphatic heterocycles. The summed E-state index contributed by atoms with van der Waals surface area (Å²) in [5, 5.41) is 23.3. The Bertz CT molecular complexity index is 413. The van der Waals surface area contributed by atoms with E-state index in [-0.39, 0.29) is 0 Å². The van der Waals surface area contributed by atoms with Crippen LogP contribution < -0.4 is 11.3 Å². The molecule has 0 fully saturated rings. The van der Waals surface area contributed by atoms with Crippen molar-refractivity contribution < 1.29 is 19.8 Å². The van der Waals surface area contributed by atoms with E-state index >= 15 is 0 Å². The molecule has 0 heterocycles. The topological polar surface area (TPSA) is 136 Å². The van der Waals surface area contributed by atoms with Crippen molar-refractivity contribution in [1.82, 2.24) is 0 Å². The van der Waals surface area contributed by atoms with Gasteiger partial charge in [0.2, 0.25) is 0 Å². The van der Waals surface area contributed by atoms with Crippen molar-refractivity contribution in [2.24, 2.45) is 5.84 Å².